The first-order valence-electron chi connectivity index (χ1n) is 13.8. The summed E-state index contributed by atoms with van der Waals surface area (Å²) in [5.41, 5.74) is 4.93. The molecule has 0 saturated carbocycles. The van der Waals surface area contributed by atoms with Gasteiger partial charge in [-0.2, -0.15) is 4.98 Å². The van der Waals surface area contributed by atoms with Crippen molar-refractivity contribution in [3.05, 3.63) is 22.7 Å². The van der Waals surface area contributed by atoms with Crippen LogP contribution in [-0.4, -0.2) is 52.4 Å². The Kier molecular flexibility index (Phi) is 13.8. The fourth-order valence-corrected chi connectivity index (χ4v) is 4.18. The Bertz CT molecular complexity index is 950. The SMILES string of the molecule is CCCCCC(=O)OC[C@H]1O[C@@H](n2ccc(N)nc2=O)[C@H](OC(=O)CCCCC)[C@@H]1OC(=O)CCCCC. The summed E-state index contributed by atoms with van der Waals surface area (Å²) in [6, 6.07) is 1.41. The van der Waals surface area contributed by atoms with Gasteiger partial charge < -0.3 is 24.7 Å². The highest BCUT2D eigenvalue weighted by molar-refractivity contribution is 5.71. The van der Waals surface area contributed by atoms with Gasteiger partial charge >= 0.3 is 23.6 Å². The van der Waals surface area contributed by atoms with Gasteiger partial charge in [-0.3, -0.25) is 19.0 Å². The molecule has 1 aromatic rings. The number of nitrogens with two attached hydrogens (primary N) is 1. The molecule has 2 heterocycles. The molecular formula is C27H43N3O8. The Morgan fingerprint density at radius 1 is 0.868 bits per heavy atom. The molecule has 0 unspecified atom stereocenters. The normalized spacial score (nSPS) is 20.7. The van der Waals surface area contributed by atoms with Crippen molar-refractivity contribution in [2.45, 2.75) is 122 Å². The van der Waals surface area contributed by atoms with Gasteiger partial charge in [-0.1, -0.05) is 59.3 Å². The van der Waals surface area contributed by atoms with Crippen LogP contribution in [0.25, 0.3) is 0 Å². The van der Waals surface area contributed by atoms with E-state index in [0.717, 1.165) is 43.1 Å². The minimum absolute atomic E-state index is 0.0221. The second kappa shape index (κ2) is 16.8. The molecule has 1 aliphatic heterocycles. The van der Waals surface area contributed by atoms with E-state index >= 15 is 0 Å². The van der Waals surface area contributed by atoms with E-state index in [2.05, 4.69) is 4.98 Å². The zero-order valence-electron chi connectivity index (χ0n) is 22.9. The second-order valence-corrected chi connectivity index (χ2v) is 9.57. The van der Waals surface area contributed by atoms with E-state index in [9.17, 15) is 19.2 Å². The molecule has 214 valence electrons. The van der Waals surface area contributed by atoms with Crippen LogP contribution < -0.4 is 11.4 Å². The first kappa shape index (κ1) is 31.3. The quantitative estimate of drug-likeness (QED) is 0.176. The molecular weight excluding hydrogens is 494 g/mol. The number of aromatic nitrogens is 2. The summed E-state index contributed by atoms with van der Waals surface area (Å²) < 4.78 is 24.2. The van der Waals surface area contributed by atoms with Crippen molar-refractivity contribution in [2.24, 2.45) is 0 Å². The summed E-state index contributed by atoms with van der Waals surface area (Å²) >= 11 is 0. The summed E-state index contributed by atoms with van der Waals surface area (Å²) in [5, 5.41) is 0. The van der Waals surface area contributed by atoms with Crippen LogP contribution in [0.2, 0.25) is 0 Å². The Hall–Kier alpha value is -2.95. The number of nitrogens with zero attached hydrogens (tertiary/aromatic N) is 2. The Labute approximate surface area is 224 Å². The second-order valence-electron chi connectivity index (χ2n) is 9.57. The molecule has 1 aromatic heterocycles. The maximum absolute atomic E-state index is 12.7. The van der Waals surface area contributed by atoms with Crippen LogP contribution >= 0.6 is 0 Å². The van der Waals surface area contributed by atoms with Gasteiger partial charge in [0.2, 0.25) is 0 Å². The molecule has 1 fully saturated rings. The molecule has 1 aliphatic rings. The van der Waals surface area contributed by atoms with Gasteiger partial charge in [-0.05, 0) is 25.3 Å². The molecule has 0 radical (unpaired) electrons. The standard InChI is InChI=1S/C27H43N3O8/c1-4-7-10-13-21(31)35-18-19-24(37-22(32)14-11-8-5-2)25(38-23(33)15-12-9-6-3)26(36-19)30-17-16-20(28)29-27(30)34/h16-17,19,24-26H,4-15,18H2,1-3H3,(H2,28,29,34)/t19-,24-,25-,26-/m1/s1. The van der Waals surface area contributed by atoms with Gasteiger partial charge in [0.15, 0.2) is 18.4 Å². The lowest BCUT2D eigenvalue weighted by molar-refractivity contribution is -0.169. The van der Waals surface area contributed by atoms with Gasteiger partial charge in [0.25, 0.3) is 0 Å². The summed E-state index contributed by atoms with van der Waals surface area (Å²) in [6.07, 6.45) is 5.07. The first-order chi connectivity index (χ1) is 18.3. The lowest BCUT2D eigenvalue weighted by Crippen LogP contribution is -2.42. The molecule has 38 heavy (non-hydrogen) atoms. The van der Waals surface area contributed by atoms with E-state index in [-0.39, 0.29) is 31.7 Å². The zero-order chi connectivity index (χ0) is 27.9. The van der Waals surface area contributed by atoms with E-state index in [0.29, 0.717) is 19.3 Å². The molecule has 2 rings (SSSR count). The van der Waals surface area contributed by atoms with Crippen molar-refractivity contribution >= 4 is 23.7 Å². The monoisotopic (exact) mass is 537 g/mol. The Morgan fingerprint density at radius 3 is 1.92 bits per heavy atom. The summed E-state index contributed by atoms with van der Waals surface area (Å²) in [7, 11) is 0. The third kappa shape index (κ3) is 10.1. The highest BCUT2D eigenvalue weighted by atomic mass is 16.7. The molecule has 4 atom stereocenters. The van der Waals surface area contributed by atoms with Crippen molar-refractivity contribution in [3.63, 3.8) is 0 Å². The van der Waals surface area contributed by atoms with Crippen LogP contribution in [0.1, 0.15) is 104 Å². The Morgan fingerprint density at radius 2 is 1.39 bits per heavy atom. The number of hydrogen-bond acceptors (Lipinski definition) is 10. The van der Waals surface area contributed by atoms with Crippen LogP contribution in [0.3, 0.4) is 0 Å². The minimum atomic E-state index is -1.15. The number of carbonyl (C=O) groups excluding carboxylic acids is 3. The zero-order valence-corrected chi connectivity index (χ0v) is 22.9. The van der Waals surface area contributed by atoms with Crippen molar-refractivity contribution in [1.29, 1.82) is 0 Å². The molecule has 0 bridgehead atoms. The van der Waals surface area contributed by atoms with Gasteiger partial charge in [0.05, 0.1) is 0 Å². The number of anilines is 1. The number of rotatable bonds is 17. The van der Waals surface area contributed by atoms with E-state index in [1.807, 2.05) is 20.8 Å². The van der Waals surface area contributed by atoms with Crippen LogP contribution in [0, 0.1) is 0 Å². The van der Waals surface area contributed by atoms with Gasteiger partial charge in [0, 0.05) is 25.5 Å². The third-order valence-electron chi connectivity index (χ3n) is 6.31. The first-order valence-corrected chi connectivity index (χ1v) is 13.8. The maximum atomic E-state index is 12.7. The number of unbranched alkanes of at least 4 members (excludes halogenated alkanes) is 6. The van der Waals surface area contributed by atoms with Crippen LogP contribution in [0.4, 0.5) is 5.82 Å². The van der Waals surface area contributed by atoms with Crippen molar-refractivity contribution < 1.29 is 33.3 Å². The average Bonchev–Trinajstić information content (AvgIpc) is 3.19. The van der Waals surface area contributed by atoms with Gasteiger partial charge in [0.1, 0.15) is 18.5 Å². The van der Waals surface area contributed by atoms with Crippen LogP contribution in [0.15, 0.2) is 17.1 Å². The van der Waals surface area contributed by atoms with Crippen molar-refractivity contribution in [1.82, 2.24) is 9.55 Å². The molecule has 0 spiro atoms. The van der Waals surface area contributed by atoms with Crippen molar-refractivity contribution in [2.75, 3.05) is 12.3 Å². The fourth-order valence-electron chi connectivity index (χ4n) is 4.18. The van der Waals surface area contributed by atoms with Crippen molar-refractivity contribution in [3.8, 4) is 0 Å². The van der Waals surface area contributed by atoms with E-state index in [1.165, 1.54) is 12.3 Å². The summed E-state index contributed by atoms with van der Waals surface area (Å²) in [5.74, 6) is -1.37. The van der Waals surface area contributed by atoms with E-state index < -0.39 is 48.1 Å². The molecule has 1 saturated heterocycles. The Balaban J connectivity index is 2.30. The number of ether oxygens (including phenoxy) is 4. The third-order valence-corrected chi connectivity index (χ3v) is 6.31. The van der Waals surface area contributed by atoms with E-state index in [1.54, 1.807) is 0 Å². The molecule has 0 aromatic carbocycles. The molecule has 0 aliphatic carbocycles. The molecule has 11 heteroatoms. The predicted molar refractivity (Wildman–Crippen MR) is 140 cm³/mol. The molecule has 0 amide bonds. The number of carbonyl (C=O) groups is 3. The predicted octanol–water partition coefficient (Wildman–Crippen LogP) is 3.83. The molecule has 2 N–H and O–H groups in total. The largest absolute Gasteiger partial charge is 0.463 e. The highest BCUT2D eigenvalue weighted by Crippen LogP contribution is 2.34. The lowest BCUT2D eigenvalue weighted by Gasteiger charge is -2.25. The van der Waals surface area contributed by atoms with Gasteiger partial charge in [-0.25, -0.2) is 4.79 Å². The number of hydrogen-bond donors (Lipinski definition) is 1. The number of nitrogen functional groups attached to an aromatic ring is 1. The summed E-state index contributed by atoms with van der Waals surface area (Å²) in [4.78, 5) is 54.1. The fraction of sp³-hybridized carbons (Fsp3) is 0.741. The lowest BCUT2D eigenvalue weighted by atomic mass is 10.1. The van der Waals surface area contributed by atoms with Gasteiger partial charge in [-0.15, -0.1) is 0 Å². The minimum Gasteiger partial charge on any atom is -0.463 e. The summed E-state index contributed by atoms with van der Waals surface area (Å²) in [6.45, 7) is 5.86. The topological polar surface area (TPSA) is 149 Å². The number of esters is 3. The van der Waals surface area contributed by atoms with E-state index in [4.69, 9.17) is 24.7 Å². The molecule has 11 nitrogen and oxygen atoms in total. The highest BCUT2D eigenvalue weighted by Gasteiger charge is 2.51. The smallest absolute Gasteiger partial charge is 0.351 e. The average molecular weight is 538 g/mol. The maximum Gasteiger partial charge on any atom is 0.351 e. The van der Waals surface area contributed by atoms with Crippen LogP contribution in [-0.2, 0) is 33.3 Å². The van der Waals surface area contributed by atoms with Crippen LogP contribution in [0.5, 0.6) is 0 Å².